The summed E-state index contributed by atoms with van der Waals surface area (Å²) >= 11 is 1.44. The summed E-state index contributed by atoms with van der Waals surface area (Å²) in [7, 11) is 1.66. The molecule has 47 heavy (non-hydrogen) atoms. The number of Topliss-reactive ketones (excluding diaryl/α,β-unsaturated/α-hetero) is 1. The number of carbonyl (C=O) groups excluding carboxylic acids is 1. The highest BCUT2D eigenvalue weighted by molar-refractivity contribution is 7.22. The maximum atomic E-state index is 15.3. The van der Waals surface area contributed by atoms with Gasteiger partial charge in [-0.2, -0.15) is 0 Å². The Kier molecular flexibility index (Phi) is 9.58. The Balaban J connectivity index is 1.17. The molecule has 2 aromatic carbocycles. The molecule has 0 radical (unpaired) electrons. The number of rotatable bonds is 12. The van der Waals surface area contributed by atoms with Crippen molar-refractivity contribution in [2.45, 2.75) is 19.9 Å². The van der Waals surface area contributed by atoms with E-state index in [1.54, 1.807) is 38.6 Å². The van der Waals surface area contributed by atoms with Crippen LogP contribution < -0.4 is 15.6 Å². The molecule has 238 valence electrons. The van der Waals surface area contributed by atoms with Crippen molar-refractivity contribution in [2.75, 3.05) is 20.3 Å². The van der Waals surface area contributed by atoms with Crippen LogP contribution in [-0.2, 0) is 17.7 Å². The molecule has 0 unspecified atom stereocenters. The molecule has 0 spiro atoms. The third-order valence-corrected chi connectivity index (χ3v) is 8.57. The van der Waals surface area contributed by atoms with E-state index >= 15 is 4.39 Å². The van der Waals surface area contributed by atoms with E-state index in [0.717, 1.165) is 27.4 Å². The number of methoxy groups -OCH3 is 1. The summed E-state index contributed by atoms with van der Waals surface area (Å²) in [5.41, 5.74) is 3.45. The highest BCUT2D eigenvalue weighted by Gasteiger charge is 2.18. The average molecular weight is 653 g/mol. The minimum absolute atomic E-state index is 0.0127. The van der Waals surface area contributed by atoms with Gasteiger partial charge in [-0.05, 0) is 78.2 Å². The Bertz CT molecular complexity index is 2110. The second-order valence-corrected chi connectivity index (χ2v) is 12.0. The molecule has 1 N–H and O–H groups in total. The average Bonchev–Trinajstić information content (AvgIpc) is 3.51. The standard InChI is InChI=1S/C36H30F2N4O4S/c1-22-15-27(36(44)42(21-22)26-7-5-25(37)6-8-26)31(43)17-23-4-10-32(28(38)16-23)46-33-11-12-40-30-18-34(47-35(30)33)29-9-3-24(20-41-29)19-39-13-14-45-2/h3-12,15-16,18,20-21,39H,13-14,17,19H2,1-2H3. The number of pyridine rings is 3. The molecule has 6 aromatic rings. The van der Waals surface area contributed by atoms with Crippen molar-refractivity contribution in [1.82, 2.24) is 19.9 Å². The van der Waals surface area contributed by atoms with Crippen molar-refractivity contribution in [3.05, 3.63) is 136 Å². The van der Waals surface area contributed by atoms with Gasteiger partial charge in [0.1, 0.15) is 11.6 Å². The molecule has 11 heteroatoms. The van der Waals surface area contributed by atoms with Crippen LogP contribution in [0.4, 0.5) is 8.78 Å². The molecule has 0 atom stereocenters. The first kappa shape index (κ1) is 31.9. The van der Waals surface area contributed by atoms with E-state index in [4.69, 9.17) is 9.47 Å². The molecule has 0 aliphatic rings. The molecule has 0 amide bonds. The highest BCUT2D eigenvalue weighted by atomic mass is 32.1. The number of ketones is 1. The van der Waals surface area contributed by atoms with Crippen LogP contribution in [0, 0.1) is 18.6 Å². The Morgan fingerprint density at radius 1 is 0.957 bits per heavy atom. The molecule has 0 fully saturated rings. The third kappa shape index (κ3) is 7.33. The maximum absolute atomic E-state index is 15.3. The van der Waals surface area contributed by atoms with Crippen molar-refractivity contribution in [3.63, 3.8) is 0 Å². The predicted molar refractivity (Wildman–Crippen MR) is 178 cm³/mol. The number of halogens is 2. The third-order valence-electron chi connectivity index (χ3n) is 7.41. The van der Waals surface area contributed by atoms with E-state index in [0.29, 0.717) is 41.2 Å². The monoisotopic (exact) mass is 652 g/mol. The van der Waals surface area contributed by atoms with Crippen LogP contribution >= 0.6 is 11.3 Å². The summed E-state index contributed by atoms with van der Waals surface area (Å²) in [4.78, 5) is 36.4. The summed E-state index contributed by atoms with van der Waals surface area (Å²) in [6.07, 6.45) is 4.82. The van der Waals surface area contributed by atoms with Crippen molar-refractivity contribution >= 4 is 27.3 Å². The summed E-state index contributed by atoms with van der Waals surface area (Å²) < 4.78 is 41.8. The number of fused-ring (bicyclic) bond motifs is 1. The van der Waals surface area contributed by atoms with Gasteiger partial charge in [-0.25, -0.2) is 8.78 Å². The van der Waals surface area contributed by atoms with Gasteiger partial charge in [-0.1, -0.05) is 12.1 Å². The predicted octanol–water partition coefficient (Wildman–Crippen LogP) is 7.05. The fourth-order valence-corrected chi connectivity index (χ4v) is 6.09. The van der Waals surface area contributed by atoms with Gasteiger partial charge in [0.15, 0.2) is 17.3 Å². The largest absolute Gasteiger partial charge is 0.453 e. The summed E-state index contributed by atoms with van der Waals surface area (Å²) in [6, 6.07) is 18.8. The van der Waals surface area contributed by atoms with Gasteiger partial charge in [-0.15, -0.1) is 11.3 Å². The lowest BCUT2D eigenvalue weighted by Gasteiger charge is -2.11. The van der Waals surface area contributed by atoms with Gasteiger partial charge >= 0.3 is 0 Å². The van der Waals surface area contributed by atoms with Crippen molar-refractivity contribution in [1.29, 1.82) is 0 Å². The summed E-state index contributed by atoms with van der Waals surface area (Å²) in [5.74, 6) is -1.12. The molecular formula is C36H30F2N4O4S. The van der Waals surface area contributed by atoms with Crippen LogP contribution in [-0.4, -0.2) is 40.6 Å². The number of aromatic nitrogens is 3. The van der Waals surface area contributed by atoms with Crippen LogP contribution in [0.5, 0.6) is 11.5 Å². The van der Waals surface area contributed by atoms with E-state index in [1.165, 1.54) is 58.4 Å². The Labute approximate surface area is 273 Å². The first-order valence-corrected chi connectivity index (χ1v) is 15.6. The Morgan fingerprint density at radius 3 is 2.51 bits per heavy atom. The fraction of sp³-hybridized carbons (Fsp3) is 0.167. The quantitative estimate of drug-likeness (QED) is 0.112. The number of nitrogens with one attached hydrogen (secondary N) is 1. The lowest BCUT2D eigenvalue weighted by Crippen LogP contribution is -2.26. The highest BCUT2D eigenvalue weighted by Crippen LogP contribution is 2.39. The lowest BCUT2D eigenvalue weighted by atomic mass is 10.0. The van der Waals surface area contributed by atoms with Crippen LogP contribution in [0.15, 0.2) is 96.2 Å². The number of ether oxygens (including phenoxy) is 2. The summed E-state index contributed by atoms with van der Waals surface area (Å²) in [5, 5.41) is 3.29. The molecule has 0 aliphatic carbocycles. The number of nitrogens with zero attached hydrogens (tertiary/aromatic N) is 3. The SMILES string of the molecule is COCCNCc1ccc(-c2cc3nccc(Oc4ccc(CC(=O)c5cc(C)cn(-c6ccc(F)cc6)c5=O)cc4F)c3s2)nc1. The van der Waals surface area contributed by atoms with Gasteiger partial charge in [-0.3, -0.25) is 24.1 Å². The van der Waals surface area contributed by atoms with E-state index in [-0.39, 0.29) is 17.7 Å². The maximum Gasteiger partial charge on any atom is 0.265 e. The normalized spacial score (nSPS) is 11.2. The number of carbonyl (C=O) groups is 1. The van der Waals surface area contributed by atoms with Crippen LogP contribution in [0.1, 0.15) is 27.0 Å². The van der Waals surface area contributed by atoms with E-state index in [9.17, 15) is 14.0 Å². The molecule has 8 nitrogen and oxygen atoms in total. The van der Waals surface area contributed by atoms with Gasteiger partial charge in [0.25, 0.3) is 5.56 Å². The number of hydrogen-bond acceptors (Lipinski definition) is 8. The zero-order valence-corrected chi connectivity index (χ0v) is 26.4. The topological polar surface area (TPSA) is 95.3 Å². The zero-order chi connectivity index (χ0) is 32.9. The van der Waals surface area contributed by atoms with Gasteiger partial charge < -0.3 is 14.8 Å². The van der Waals surface area contributed by atoms with Crippen LogP contribution in [0.3, 0.4) is 0 Å². The summed E-state index contributed by atoms with van der Waals surface area (Å²) in [6.45, 7) is 3.83. The van der Waals surface area contributed by atoms with Crippen LogP contribution in [0.2, 0.25) is 0 Å². The molecule has 0 saturated heterocycles. The molecule has 4 aromatic heterocycles. The zero-order valence-electron chi connectivity index (χ0n) is 25.6. The van der Waals surface area contributed by atoms with Crippen molar-refractivity contribution in [3.8, 4) is 27.8 Å². The number of thiophene rings is 1. The minimum Gasteiger partial charge on any atom is -0.453 e. The number of benzene rings is 2. The fourth-order valence-electron chi connectivity index (χ4n) is 5.05. The van der Waals surface area contributed by atoms with Gasteiger partial charge in [0.2, 0.25) is 0 Å². The minimum atomic E-state index is -0.652. The van der Waals surface area contributed by atoms with E-state index in [2.05, 4.69) is 15.3 Å². The van der Waals surface area contributed by atoms with Crippen molar-refractivity contribution in [2.24, 2.45) is 0 Å². The lowest BCUT2D eigenvalue weighted by molar-refractivity contribution is 0.0991. The Morgan fingerprint density at radius 2 is 1.77 bits per heavy atom. The first-order chi connectivity index (χ1) is 22.8. The van der Waals surface area contributed by atoms with Crippen LogP contribution in [0.25, 0.3) is 26.5 Å². The first-order valence-electron chi connectivity index (χ1n) is 14.8. The van der Waals surface area contributed by atoms with E-state index < -0.39 is 23.0 Å². The second kappa shape index (κ2) is 14.1. The molecule has 0 aliphatic heterocycles. The molecule has 4 heterocycles. The number of aryl methyl sites for hydroxylation is 1. The molecule has 0 bridgehead atoms. The smallest absolute Gasteiger partial charge is 0.265 e. The van der Waals surface area contributed by atoms with Gasteiger partial charge in [0, 0.05) is 57.0 Å². The van der Waals surface area contributed by atoms with Gasteiger partial charge in [0.05, 0.1) is 33.0 Å². The molecule has 6 rings (SSSR count). The van der Waals surface area contributed by atoms with Crippen molar-refractivity contribution < 1.29 is 23.0 Å². The van der Waals surface area contributed by atoms with E-state index in [1.807, 2.05) is 24.4 Å². The molecular weight excluding hydrogens is 622 g/mol. The molecule has 0 saturated carbocycles. The second-order valence-electron chi connectivity index (χ2n) is 10.9. The Hall–Kier alpha value is -5.10. The number of hydrogen-bond donors (Lipinski definition) is 1.